The van der Waals surface area contributed by atoms with E-state index in [0.29, 0.717) is 35.0 Å². The molecule has 0 aromatic heterocycles. The van der Waals surface area contributed by atoms with Crippen LogP contribution in [0.1, 0.15) is 91.4 Å². The maximum absolute atomic E-state index is 10.8. The molecule has 0 radical (unpaired) electrons. The molecule has 0 heterocycles. The van der Waals surface area contributed by atoms with Crippen LogP contribution in [-0.4, -0.2) is 30.8 Å². The number of hydrogen-bond donors (Lipinski definition) is 2. The lowest BCUT2D eigenvalue weighted by Gasteiger charge is -2.61. The fourth-order valence-electron chi connectivity index (χ4n) is 8.98. The lowest BCUT2D eigenvalue weighted by atomic mass is 9.44. The molecule has 3 unspecified atom stereocenters. The first-order valence-electron chi connectivity index (χ1n) is 12.3. The van der Waals surface area contributed by atoms with Gasteiger partial charge in [-0.15, -0.1) is 0 Å². The lowest BCUT2D eigenvalue weighted by molar-refractivity contribution is -0.129. The Morgan fingerprint density at radius 2 is 1.70 bits per heavy atom. The Morgan fingerprint density at radius 3 is 2.43 bits per heavy atom. The number of aliphatic hydroxyl groups excluding tert-OH is 1. The molecule has 4 aliphatic carbocycles. The van der Waals surface area contributed by atoms with Crippen molar-refractivity contribution in [3.05, 3.63) is 0 Å². The van der Waals surface area contributed by atoms with E-state index in [-0.39, 0.29) is 12.7 Å². The summed E-state index contributed by atoms with van der Waals surface area (Å²) in [5, 5.41) is 10.2. The summed E-state index contributed by atoms with van der Waals surface area (Å²) < 4.78 is 34.8. The highest BCUT2D eigenvalue weighted by Crippen LogP contribution is 2.68. The van der Waals surface area contributed by atoms with E-state index >= 15 is 0 Å². The van der Waals surface area contributed by atoms with E-state index in [1.54, 1.807) is 0 Å². The molecule has 6 heteroatoms. The van der Waals surface area contributed by atoms with Gasteiger partial charge in [0.1, 0.15) is 0 Å². The van der Waals surface area contributed by atoms with E-state index in [1.807, 2.05) is 0 Å². The van der Waals surface area contributed by atoms with Gasteiger partial charge >= 0.3 is 10.4 Å². The lowest BCUT2D eigenvalue weighted by Crippen LogP contribution is -2.54. The van der Waals surface area contributed by atoms with Gasteiger partial charge in [-0.05, 0) is 117 Å². The molecule has 5 nitrogen and oxygen atoms in total. The molecule has 0 aromatic rings. The van der Waals surface area contributed by atoms with Gasteiger partial charge in [-0.2, -0.15) is 8.42 Å². The van der Waals surface area contributed by atoms with Crippen LogP contribution >= 0.6 is 0 Å². The fraction of sp³-hybridized carbons (Fsp3) is 1.00. The number of rotatable bonds is 6. The Morgan fingerprint density at radius 1 is 1.00 bits per heavy atom. The van der Waals surface area contributed by atoms with Gasteiger partial charge in [0.2, 0.25) is 0 Å². The molecule has 4 saturated carbocycles. The molecule has 0 spiro atoms. The van der Waals surface area contributed by atoms with E-state index in [0.717, 1.165) is 37.0 Å². The Bertz CT molecular complexity index is 723. The number of aliphatic hydroxyl groups is 1. The summed E-state index contributed by atoms with van der Waals surface area (Å²) in [4.78, 5) is 0. The molecule has 0 amide bonds. The van der Waals surface area contributed by atoms with Crippen molar-refractivity contribution in [1.29, 1.82) is 0 Å². The molecular weight excluding hydrogens is 400 g/mol. The zero-order valence-corrected chi connectivity index (χ0v) is 19.9. The van der Waals surface area contributed by atoms with Gasteiger partial charge in [-0.1, -0.05) is 20.8 Å². The van der Waals surface area contributed by atoms with Gasteiger partial charge in [-0.25, -0.2) is 4.18 Å². The predicted molar refractivity (Wildman–Crippen MR) is 117 cm³/mol. The summed E-state index contributed by atoms with van der Waals surface area (Å²) in [5.41, 5.74) is 0.835. The summed E-state index contributed by atoms with van der Waals surface area (Å²) in [6.07, 6.45) is 12.7. The Hall–Kier alpha value is -0.170. The molecule has 0 bridgehead atoms. The minimum absolute atomic E-state index is 0.0741. The second-order valence-electron chi connectivity index (χ2n) is 11.7. The largest absolute Gasteiger partial charge is 0.397 e. The highest BCUT2D eigenvalue weighted by Gasteiger charge is 2.60. The van der Waals surface area contributed by atoms with Crippen molar-refractivity contribution in [3.8, 4) is 0 Å². The van der Waals surface area contributed by atoms with Crippen LogP contribution in [0.15, 0.2) is 0 Å². The van der Waals surface area contributed by atoms with Gasteiger partial charge in [0.15, 0.2) is 0 Å². The first-order valence-corrected chi connectivity index (χ1v) is 13.7. The summed E-state index contributed by atoms with van der Waals surface area (Å²) in [7, 11) is -4.32. The van der Waals surface area contributed by atoms with Crippen LogP contribution < -0.4 is 0 Å². The molecule has 4 fully saturated rings. The van der Waals surface area contributed by atoms with Crippen molar-refractivity contribution < 1.29 is 22.3 Å². The third kappa shape index (κ3) is 4.11. The molecular formula is C24H42O5S. The summed E-state index contributed by atoms with van der Waals surface area (Å²) in [6, 6.07) is 0. The molecule has 4 rings (SSSR count). The zero-order chi connectivity index (χ0) is 21.7. The van der Waals surface area contributed by atoms with Crippen molar-refractivity contribution in [2.24, 2.45) is 46.3 Å². The van der Waals surface area contributed by atoms with Crippen LogP contribution in [0, 0.1) is 46.3 Å². The molecule has 0 aliphatic heterocycles. The number of fused-ring (bicyclic) bond motifs is 5. The minimum atomic E-state index is -4.32. The highest BCUT2D eigenvalue weighted by atomic mass is 32.3. The fourth-order valence-corrected chi connectivity index (χ4v) is 9.31. The monoisotopic (exact) mass is 442 g/mol. The van der Waals surface area contributed by atoms with Gasteiger partial charge < -0.3 is 5.11 Å². The minimum Gasteiger partial charge on any atom is -0.393 e. The summed E-state index contributed by atoms with van der Waals surface area (Å²) in [6.45, 7) is 7.51. The Labute approximate surface area is 183 Å². The topological polar surface area (TPSA) is 83.8 Å². The van der Waals surface area contributed by atoms with Gasteiger partial charge in [0.25, 0.3) is 0 Å². The molecule has 0 saturated heterocycles. The third-order valence-corrected chi connectivity index (χ3v) is 10.9. The van der Waals surface area contributed by atoms with E-state index in [9.17, 15) is 13.5 Å². The number of hydrogen-bond acceptors (Lipinski definition) is 4. The standard InChI is InChI=1S/C24H42O5S/c1-16(5-4-14-29-30(26,27)28)20-8-9-21-19-7-6-17-15-18(25)10-12-23(17,2)22(19)11-13-24(20,21)3/h16-22,25H,4-15H2,1-3H3,(H,26,27,28)/t16-,17-,18-,19?,20-,21?,22?,23+,24-/m1/s1. The average molecular weight is 443 g/mol. The Balaban J connectivity index is 1.41. The van der Waals surface area contributed by atoms with Crippen LogP contribution in [0.3, 0.4) is 0 Å². The van der Waals surface area contributed by atoms with Crippen molar-refractivity contribution in [2.45, 2.75) is 97.5 Å². The summed E-state index contributed by atoms with van der Waals surface area (Å²) >= 11 is 0. The Kier molecular flexibility index (Phi) is 6.37. The van der Waals surface area contributed by atoms with Crippen molar-refractivity contribution in [2.75, 3.05) is 6.61 Å². The van der Waals surface area contributed by atoms with Gasteiger partial charge in [-0.3, -0.25) is 4.55 Å². The average Bonchev–Trinajstić information content (AvgIpc) is 3.02. The highest BCUT2D eigenvalue weighted by molar-refractivity contribution is 7.80. The van der Waals surface area contributed by atoms with Crippen LogP contribution in [-0.2, 0) is 14.6 Å². The van der Waals surface area contributed by atoms with Crippen molar-refractivity contribution >= 4 is 10.4 Å². The molecule has 9 atom stereocenters. The van der Waals surface area contributed by atoms with E-state index in [4.69, 9.17) is 4.55 Å². The van der Waals surface area contributed by atoms with Crippen LogP contribution in [0.4, 0.5) is 0 Å². The zero-order valence-electron chi connectivity index (χ0n) is 19.1. The normalized spacial score (nSPS) is 47.2. The van der Waals surface area contributed by atoms with Crippen molar-refractivity contribution in [3.63, 3.8) is 0 Å². The van der Waals surface area contributed by atoms with Gasteiger partial charge in [0, 0.05) is 0 Å². The molecule has 30 heavy (non-hydrogen) atoms. The van der Waals surface area contributed by atoms with E-state index < -0.39 is 10.4 Å². The first kappa shape index (κ1) is 23.0. The second kappa shape index (κ2) is 8.31. The van der Waals surface area contributed by atoms with E-state index in [1.165, 1.54) is 44.9 Å². The molecule has 2 N–H and O–H groups in total. The molecule has 174 valence electrons. The SMILES string of the molecule is C[C@H](CCCOS(=O)(=O)O)[C@H]1CCC2C3CC[C@@H]4C[C@H](O)CC[C@]4(C)C3CC[C@@]21C. The maximum atomic E-state index is 10.8. The third-order valence-electron chi connectivity index (χ3n) is 10.4. The van der Waals surface area contributed by atoms with Crippen LogP contribution in [0.5, 0.6) is 0 Å². The summed E-state index contributed by atoms with van der Waals surface area (Å²) in [5.74, 6) is 4.47. The second-order valence-corrected chi connectivity index (χ2v) is 12.8. The maximum Gasteiger partial charge on any atom is 0.397 e. The molecule has 4 aliphatic rings. The van der Waals surface area contributed by atoms with Gasteiger partial charge in [0.05, 0.1) is 12.7 Å². The predicted octanol–water partition coefficient (Wildman–Crippen LogP) is 5.24. The molecule has 0 aromatic carbocycles. The quantitative estimate of drug-likeness (QED) is 0.434. The van der Waals surface area contributed by atoms with Crippen LogP contribution in [0.25, 0.3) is 0 Å². The van der Waals surface area contributed by atoms with Crippen molar-refractivity contribution in [1.82, 2.24) is 0 Å². The van der Waals surface area contributed by atoms with E-state index in [2.05, 4.69) is 25.0 Å². The smallest absolute Gasteiger partial charge is 0.393 e. The van der Waals surface area contributed by atoms with Crippen LogP contribution in [0.2, 0.25) is 0 Å². The first-order chi connectivity index (χ1) is 14.0.